The number of esters is 1. The van der Waals surface area contributed by atoms with E-state index in [2.05, 4.69) is 29.6 Å². The Kier molecular flexibility index (Phi) is 8.17. The van der Waals surface area contributed by atoms with E-state index >= 15 is 0 Å². The summed E-state index contributed by atoms with van der Waals surface area (Å²) >= 11 is 6.37. The Morgan fingerprint density at radius 1 is 1.18 bits per heavy atom. The first-order valence-electron chi connectivity index (χ1n) is 11.4. The van der Waals surface area contributed by atoms with Gasteiger partial charge in [0.15, 0.2) is 0 Å². The highest BCUT2D eigenvalue weighted by molar-refractivity contribution is 6.76. The molecule has 2 N–H and O–H groups in total. The first-order valence-corrected chi connectivity index (χ1v) is 15.4. The maximum Gasteiger partial charge on any atom is 0.340 e. The number of carbonyl (C=O) groups is 1. The average molecular weight is 501 g/mol. The fourth-order valence-corrected chi connectivity index (χ4v) is 4.56. The second-order valence-electron chi connectivity index (χ2n) is 9.51. The molecule has 0 saturated carbocycles. The molecule has 0 bridgehead atoms. The maximum atomic E-state index is 13.1. The minimum absolute atomic E-state index is 0.158. The number of aryl methyl sites for hydroxylation is 2. The largest absolute Gasteiger partial charge is 0.462 e. The Bertz CT molecular complexity index is 1190. The van der Waals surface area contributed by atoms with Gasteiger partial charge in [-0.05, 0) is 56.1 Å². The molecule has 0 aliphatic rings. The summed E-state index contributed by atoms with van der Waals surface area (Å²) in [6, 6.07) is 8.45. The summed E-state index contributed by atoms with van der Waals surface area (Å²) in [6.45, 7) is 13.7. The monoisotopic (exact) mass is 500 g/mol. The smallest absolute Gasteiger partial charge is 0.340 e. The number of benzene rings is 1. The number of hydrogen-bond donors (Lipinski definition) is 1. The molecule has 0 fully saturated rings. The van der Waals surface area contributed by atoms with Crippen LogP contribution in [-0.4, -0.2) is 41.8 Å². The zero-order chi connectivity index (χ0) is 25.0. The van der Waals surface area contributed by atoms with Crippen LogP contribution in [0.4, 0.5) is 5.95 Å². The first kappa shape index (κ1) is 25.9. The summed E-state index contributed by atoms with van der Waals surface area (Å²) in [5, 5.41) is 0.576. The number of hydrogen-bond acceptors (Lipinski definition) is 6. The number of nitrogens with zero attached hydrogens (tertiary/aromatic N) is 3. The minimum atomic E-state index is -1.27. The standard InChI is InChI=1S/C25H33ClN4O3Si/c1-7-33-24(31)20-13-21(22-17(3)14-28-25(27)29-22)30(15-32-10-11-34(4,5)6)23(20)19-12-18(26)9-8-16(19)2/h8-9,12-14H,7,10-11,15H2,1-6H3,(H2,27,28,29). The summed E-state index contributed by atoms with van der Waals surface area (Å²) in [4.78, 5) is 21.7. The molecule has 0 amide bonds. The Labute approximate surface area is 207 Å². The molecule has 34 heavy (non-hydrogen) atoms. The number of nitrogens with two attached hydrogens (primary N) is 1. The number of anilines is 1. The van der Waals surface area contributed by atoms with Crippen LogP contribution in [0.5, 0.6) is 0 Å². The van der Waals surface area contributed by atoms with Crippen LogP contribution in [0.1, 0.15) is 28.4 Å². The molecule has 0 saturated heterocycles. The van der Waals surface area contributed by atoms with Gasteiger partial charge < -0.3 is 19.8 Å². The van der Waals surface area contributed by atoms with Crippen LogP contribution in [0.25, 0.3) is 22.6 Å². The summed E-state index contributed by atoms with van der Waals surface area (Å²) in [5.41, 5.74) is 11.0. The Morgan fingerprint density at radius 3 is 2.59 bits per heavy atom. The minimum Gasteiger partial charge on any atom is -0.462 e. The third-order valence-electron chi connectivity index (χ3n) is 5.50. The number of rotatable bonds is 9. The van der Waals surface area contributed by atoms with Gasteiger partial charge in [0, 0.05) is 31.5 Å². The zero-order valence-electron chi connectivity index (χ0n) is 20.7. The van der Waals surface area contributed by atoms with Gasteiger partial charge in [-0.1, -0.05) is 37.3 Å². The van der Waals surface area contributed by atoms with E-state index in [-0.39, 0.29) is 19.3 Å². The number of aromatic nitrogens is 3. The van der Waals surface area contributed by atoms with Crippen LogP contribution in [0.15, 0.2) is 30.5 Å². The van der Waals surface area contributed by atoms with Crippen LogP contribution in [0.3, 0.4) is 0 Å². The second kappa shape index (κ2) is 10.7. The molecule has 0 radical (unpaired) electrons. The quantitative estimate of drug-likeness (QED) is 0.221. The van der Waals surface area contributed by atoms with Crippen molar-refractivity contribution in [2.45, 2.75) is 53.2 Å². The van der Waals surface area contributed by atoms with Gasteiger partial charge in [0.2, 0.25) is 5.95 Å². The topological polar surface area (TPSA) is 92.3 Å². The molecule has 2 heterocycles. The predicted octanol–water partition coefficient (Wildman–Crippen LogP) is 5.95. The average Bonchev–Trinajstić information content (AvgIpc) is 3.13. The third-order valence-corrected chi connectivity index (χ3v) is 7.44. The third kappa shape index (κ3) is 6.05. The lowest BCUT2D eigenvalue weighted by Gasteiger charge is -2.19. The Balaban J connectivity index is 2.24. The fraction of sp³-hybridized carbons (Fsp3) is 0.400. The van der Waals surface area contributed by atoms with E-state index in [4.69, 9.17) is 26.8 Å². The predicted molar refractivity (Wildman–Crippen MR) is 140 cm³/mol. The van der Waals surface area contributed by atoms with Crippen LogP contribution in [0.2, 0.25) is 30.7 Å². The first-order chi connectivity index (χ1) is 16.0. The molecule has 2 aromatic heterocycles. The molecule has 9 heteroatoms. The van der Waals surface area contributed by atoms with Crippen LogP contribution >= 0.6 is 11.6 Å². The van der Waals surface area contributed by atoms with Gasteiger partial charge in [-0.15, -0.1) is 0 Å². The number of carbonyl (C=O) groups excluding carboxylic acids is 1. The lowest BCUT2D eigenvalue weighted by atomic mass is 10.0. The van der Waals surface area contributed by atoms with Gasteiger partial charge in [0.1, 0.15) is 6.73 Å². The molecule has 0 aliphatic heterocycles. The fourth-order valence-electron chi connectivity index (χ4n) is 3.63. The molecule has 1 aromatic carbocycles. The van der Waals surface area contributed by atoms with E-state index in [9.17, 15) is 4.79 Å². The summed E-state index contributed by atoms with van der Waals surface area (Å²) in [6.07, 6.45) is 1.68. The van der Waals surface area contributed by atoms with Crippen molar-refractivity contribution in [3.8, 4) is 22.6 Å². The molecule has 0 spiro atoms. The molecule has 3 aromatic rings. The molecule has 0 atom stereocenters. The molecule has 182 valence electrons. The van der Waals surface area contributed by atoms with Gasteiger partial charge >= 0.3 is 5.97 Å². The highest BCUT2D eigenvalue weighted by Crippen LogP contribution is 2.37. The SMILES string of the molecule is CCOC(=O)c1cc(-c2nc(N)ncc2C)n(COCC[Si](C)(C)C)c1-c1cc(Cl)ccc1C. The molecular weight excluding hydrogens is 468 g/mol. The van der Waals surface area contributed by atoms with Crippen molar-refractivity contribution in [1.82, 2.24) is 14.5 Å². The van der Waals surface area contributed by atoms with Gasteiger partial charge in [-0.2, -0.15) is 0 Å². The lowest BCUT2D eigenvalue weighted by Crippen LogP contribution is -2.22. The van der Waals surface area contributed by atoms with Gasteiger partial charge in [0.25, 0.3) is 0 Å². The second-order valence-corrected chi connectivity index (χ2v) is 15.6. The Morgan fingerprint density at radius 2 is 1.91 bits per heavy atom. The molecular formula is C25H33ClN4O3Si. The Hall–Kier alpha value is -2.68. The number of halogens is 1. The van der Waals surface area contributed by atoms with E-state index in [0.717, 1.165) is 22.7 Å². The van der Waals surface area contributed by atoms with E-state index < -0.39 is 14.0 Å². The van der Waals surface area contributed by atoms with Crippen LogP contribution in [-0.2, 0) is 16.2 Å². The van der Waals surface area contributed by atoms with Gasteiger partial charge in [-0.3, -0.25) is 0 Å². The normalized spacial score (nSPS) is 11.6. The lowest BCUT2D eigenvalue weighted by molar-refractivity contribution is 0.0526. The van der Waals surface area contributed by atoms with Crippen molar-refractivity contribution >= 4 is 31.6 Å². The van der Waals surface area contributed by atoms with E-state index in [0.29, 0.717) is 34.3 Å². The van der Waals surface area contributed by atoms with Crippen LogP contribution < -0.4 is 5.73 Å². The molecule has 0 aliphatic carbocycles. The van der Waals surface area contributed by atoms with Crippen molar-refractivity contribution in [1.29, 1.82) is 0 Å². The van der Waals surface area contributed by atoms with E-state index in [1.165, 1.54) is 0 Å². The molecule has 7 nitrogen and oxygen atoms in total. The molecule has 3 rings (SSSR count). The van der Waals surface area contributed by atoms with Crippen molar-refractivity contribution in [3.63, 3.8) is 0 Å². The van der Waals surface area contributed by atoms with E-state index in [1.807, 2.05) is 36.6 Å². The number of nitrogen functional groups attached to an aromatic ring is 1. The van der Waals surface area contributed by atoms with Crippen molar-refractivity contribution in [3.05, 3.63) is 52.2 Å². The highest BCUT2D eigenvalue weighted by atomic mass is 35.5. The van der Waals surface area contributed by atoms with Crippen LogP contribution in [0, 0.1) is 13.8 Å². The van der Waals surface area contributed by atoms with Crippen molar-refractivity contribution in [2.24, 2.45) is 0 Å². The summed E-state index contributed by atoms with van der Waals surface area (Å²) < 4.78 is 13.5. The highest BCUT2D eigenvalue weighted by Gasteiger charge is 2.26. The van der Waals surface area contributed by atoms with Crippen molar-refractivity contribution < 1.29 is 14.3 Å². The van der Waals surface area contributed by atoms with Crippen molar-refractivity contribution in [2.75, 3.05) is 18.9 Å². The van der Waals surface area contributed by atoms with Gasteiger partial charge in [-0.25, -0.2) is 14.8 Å². The summed E-state index contributed by atoms with van der Waals surface area (Å²) in [7, 11) is -1.27. The van der Waals surface area contributed by atoms with Gasteiger partial charge in [0.05, 0.1) is 29.3 Å². The molecule has 0 unspecified atom stereocenters. The zero-order valence-corrected chi connectivity index (χ0v) is 22.5. The maximum absolute atomic E-state index is 13.1. The summed E-state index contributed by atoms with van der Waals surface area (Å²) in [5.74, 6) is -0.259. The number of ether oxygens (including phenoxy) is 2. The van der Waals surface area contributed by atoms with E-state index in [1.54, 1.807) is 19.2 Å².